The van der Waals surface area contributed by atoms with Crippen LogP contribution in [-0.4, -0.2) is 84.8 Å². The number of aromatic nitrogens is 4. The number of pyridine rings is 1. The molecule has 3 aliphatic heterocycles. The molecule has 19 heteroatoms. The first-order valence-corrected chi connectivity index (χ1v) is 25.1. The average Bonchev–Trinajstić information content (AvgIpc) is 4.18. The van der Waals surface area contributed by atoms with Crippen LogP contribution in [0.1, 0.15) is 81.8 Å². The zero-order valence-corrected chi connectivity index (χ0v) is 42.0. The van der Waals surface area contributed by atoms with Crippen LogP contribution in [0.3, 0.4) is 0 Å². The molecule has 3 amide bonds. The fraction of sp³-hybridized carbons (Fsp3) is 0.358. The fourth-order valence-electron chi connectivity index (χ4n) is 9.77. The monoisotopic (exact) mass is 1010 g/mol. The third kappa shape index (κ3) is 9.89. The summed E-state index contributed by atoms with van der Waals surface area (Å²) in [7, 11) is 0. The maximum Gasteiger partial charge on any atom is 0.417 e. The smallest absolute Gasteiger partial charge is 0.417 e. The average molecular weight is 1020 g/mol. The number of carbonyl (C=O) groups excluding carboxylic acids is 3. The van der Waals surface area contributed by atoms with Crippen LogP contribution in [0.15, 0.2) is 103 Å². The van der Waals surface area contributed by atoms with Crippen LogP contribution in [0, 0.1) is 24.2 Å². The highest BCUT2D eigenvalue weighted by atomic mass is 32.1. The summed E-state index contributed by atoms with van der Waals surface area (Å²) in [5, 5.41) is 16.9. The van der Waals surface area contributed by atoms with Crippen LogP contribution in [0.4, 0.5) is 30.4 Å². The van der Waals surface area contributed by atoms with E-state index in [0.29, 0.717) is 44.0 Å². The molecule has 1 N–H and O–H groups in total. The van der Waals surface area contributed by atoms with E-state index in [4.69, 9.17) is 21.9 Å². The number of ether oxygens (including phenoxy) is 1. The molecule has 9 rings (SSSR count). The molecular weight excluding hydrogens is 962 g/mol. The molecule has 6 aromatic rings. The number of thiocarbonyl (C=S) groups is 1. The number of nitrogens with one attached hydrogen (secondary N) is 1. The van der Waals surface area contributed by atoms with E-state index >= 15 is 0 Å². The lowest BCUT2D eigenvalue weighted by Crippen LogP contribution is -2.48. The van der Waals surface area contributed by atoms with Crippen LogP contribution in [-0.2, 0) is 27.1 Å². The second-order valence-electron chi connectivity index (χ2n) is 19.1. The summed E-state index contributed by atoms with van der Waals surface area (Å²) < 4.78 is 49.5. The van der Waals surface area contributed by atoms with Gasteiger partial charge in [-0.15, -0.1) is 11.3 Å². The van der Waals surface area contributed by atoms with E-state index < -0.39 is 40.8 Å². The van der Waals surface area contributed by atoms with Gasteiger partial charge in [0.2, 0.25) is 11.8 Å². The second kappa shape index (κ2) is 20.1. The first kappa shape index (κ1) is 49.8. The highest BCUT2D eigenvalue weighted by Gasteiger charge is 2.51. The Balaban J connectivity index is 0.774. The molecule has 72 heavy (non-hydrogen) atoms. The minimum atomic E-state index is -4.80. The number of carbonyl (C=O) groups is 3. The van der Waals surface area contributed by atoms with E-state index in [-0.39, 0.29) is 34.6 Å². The van der Waals surface area contributed by atoms with Crippen LogP contribution in [0.5, 0.6) is 5.75 Å². The molecule has 3 aromatic carbocycles. The van der Waals surface area contributed by atoms with E-state index in [1.807, 2.05) is 86.9 Å². The molecule has 2 atom stereocenters. The van der Waals surface area contributed by atoms with Gasteiger partial charge < -0.3 is 24.8 Å². The molecular formula is C53H53F3N10O4S2. The molecule has 14 nitrogen and oxygen atoms in total. The van der Waals surface area contributed by atoms with Gasteiger partial charge in [0.1, 0.15) is 29.5 Å². The summed E-state index contributed by atoms with van der Waals surface area (Å²) in [4.78, 5) is 58.3. The van der Waals surface area contributed by atoms with Gasteiger partial charge in [-0.25, -0.2) is 9.97 Å². The van der Waals surface area contributed by atoms with Crippen molar-refractivity contribution in [2.45, 2.75) is 96.7 Å². The summed E-state index contributed by atoms with van der Waals surface area (Å²) in [5.41, 5.74) is 4.22. The Morgan fingerprint density at radius 1 is 0.931 bits per heavy atom. The number of benzene rings is 3. The minimum absolute atomic E-state index is 0.0184. The number of hydrogen-bond acceptors (Lipinski definition) is 11. The molecule has 0 aliphatic carbocycles. The van der Waals surface area contributed by atoms with Crippen molar-refractivity contribution in [3.63, 3.8) is 0 Å². The lowest BCUT2D eigenvalue weighted by Gasteiger charge is -2.32. The third-order valence-corrected chi connectivity index (χ3v) is 15.0. The summed E-state index contributed by atoms with van der Waals surface area (Å²) in [6, 6.07) is 22.9. The number of nitriles is 1. The number of amides is 3. The van der Waals surface area contributed by atoms with Crippen LogP contribution in [0.25, 0.3) is 21.6 Å². The molecule has 372 valence electrons. The van der Waals surface area contributed by atoms with E-state index in [9.17, 15) is 32.8 Å². The topological polar surface area (TPSA) is 153 Å². The van der Waals surface area contributed by atoms with Crippen molar-refractivity contribution < 1.29 is 32.3 Å². The lowest BCUT2D eigenvalue weighted by molar-refractivity contribution is -0.142. The summed E-state index contributed by atoms with van der Waals surface area (Å²) in [6.45, 7) is 11.6. The van der Waals surface area contributed by atoms with Gasteiger partial charge in [0, 0.05) is 56.5 Å². The number of aryl methyl sites for hydroxylation is 1. The van der Waals surface area contributed by atoms with Crippen molar-refractivity contribution in [2.75, 3.05) is 34.3 Å². The van der Waals surface area contributed by atoms with Crippen LogP contribution in [0.2, 0.25) is 0 Å². The Morgan fingerprint density at radius 2 is 1.62 bits per heavy atom. The predicted molar refractivity (Wildman–Crippen MR) is 273 cm³/mol. The Bertz CT molecular complexity index is 3030. The number of anilines is 3. The van der Waals surface area contributed by atoms with Crippen LogP contribution < -0.4 is 24.8 Å². The summed E-state index contributed by atoms with van der Waals surface area (Å²) in [5.74, 6) is 0.508. The number of likely N-dealkylation sites (tertiary alicyclic amines) is 1. The number of piperidine rings is 1. The Morgan fingerprint density at radius 3 is 2.26 bits per heavy atom. The molecule has 0 unspecified atom stereocenters. The molecule has 3 aromatic heterocycles. The van der Waals surface area contributed by atoms with Gasteiger partial charge in [0.05, 0.1) is 51.4 Å². The van der Waals surface area contributed by atoms with Crippen molar-refractivity contribution in [2.24, 2.45) is 5.92 Å². The van der Waals surface area contributed by atoms with Gasteiger partial charge in [-0.1, -0.05) is 50.2 Å². The van der Waals surface area contributed by atoms with E-state index in [2.05, 4.69) is 20.3 Å². The number of nitrogens with zero attached hydrogens (tertiary/aromatic N) is 9. The Labute approximate surface area is 425 Å². The number of halogens is 3. The minimum Gasteiger partial charge on any atom is -0.487 e. The Hall–Kier alpha value is -7.17. The number of alkyl halides is 3. The molecule has 0 radical (unpaired) electrons. The fourth-order valence-corrected chi connectivity index (χ4v) is 11.1. The van der Waals surface area contributed by atoms with Gasteiger partial charge >= 0.3 is 6.18 Å². The summed E-state index contributed by atoms with van der Waals surface area (Å²) in [6.07, 6.45) is 3.19. The number of rotatable bonds is 13. The van der Waals surface area contributed by atoms with Gasteiger partial charge in [-0.05, 0) is 111 Å². The number of hydrogen-bond donors (Lipinski definition) is 1. The molecule has 3 aliphatic rings. The molecule has 0 bridgehead atoms. The van der Waals surface area contributed by atoms with Crippen molar-refractivity contribution >= 4 is 63.6 Å². The highest BCUT2D eigenvalue weighted by molar-refractivity contribution is 7.81. The first-order chi connectivity index (χ1) is 34.4. The zero-order chi connectivity index (χ0) is 51.1. The van der Waals surface area contributed by atoms with Crippen LogP contribution >= 0.6 is 23.6 Å². The van der Waals surface area contributed by atoms with Crippen molar-refractivity contribution in [3.8, 4) is 33.4 Å². The van der Waals surface area contributed by atoms with E-state index in [1.165, 1.54) is 6.07 Å². The predicted octanol–water partition coefficient (Wildman–Crippen LogP) is 9.74. The van der Waals surface area contributed by atoms with Gasteiger partial charge in [0.15, 0.2) is 10.9 Å². The normalized spacial score (nSPS) is 17.7. The molecule has 0 spiro atoms. The molecule has 3 fully saturated rings. The standard InChI is InChI=1S/C53H53F3N10O4S2/c1-32(2)46(49(68)63-22-6-7-44(63)48(67)59-27-34-8-10-36(11-9-34)47-33(3)60-31-72-47)64-30-42(29-61-64)70-41-20-23-62(24-21-41)45-19-15-38(28-58-45)35-12-16-39(17-13-35)66-51(71)65(50(69)52(66,4)5)40-18-14-37(26-57)43(25-40)53(54,55)56/h8-19,25,28-32,41,44,46H,6-7,20-24,27H2,1-5H3,(H,59,67)/t44-,46-/m0/s1. The number of thiazole rings is 1. The molecule has 6 heterocycles. The summed E-state index contributed by atoms with van der Waals surface area (Å²) >= 11 is 7.31. The molecule has 0 saturated carbocycles. The van der Waals surface area contributed by atoms with Gasteiger partial charge in [-0.3, -0.25) is 24.0 Å². The lowest BCUT2D eigenvalue weighted by atomic mass is 10.0. The third-order valence-electron chi connectivity index (χ3n) is 13.6. The first-order valence-electron chi connectivity index (χ1n) is 23.8. The van der Waals surface area contributed by atoms with Crippen molar-refractivity contribution in [1.29, 1.82) is 5.26 Å². The van der Waals surface area contributed by atoms with E-state index in [0.717, 1.165) is 74.9 Å². The quantitative estimate of drug-likeness (QED) is 0.110. The Kier molecular flexibility index (Phi) is 13.9. The highest BCUT2D eigenvalue weighted by Crippen LogP contribution is 2.40. The van der Waals surface area contributed by atoms with Gasteiger partial charge in [-0.2, -0.15) is 23.5 Å². The maximum absolute atomic E-state index is 14.2. The second-order valence-corrected chi connectivity index (χ2v) is 20.3. The van der Waals surface area contributed by atoms with Crippen molar-refractivity contribution in [3.05, 3.63) is 125 Å². The maximum atomic E-state index is 14.2. The molecule has 3 saturated heterocycles. The van der Waals surface area contributed by atoms with Crippen molar-refractivity contribution in [1.82, 2.24) is 30.0 Å². The van der Waals surface area contributed by atoms with Gasteiger partial charge in [0.25, 0.3) is 5.91 Å². The SMILES string of the molecule is Cc1ncsc1-c1ccc(CNC(=O)[C@@H]2CCCN2C(=O)[C@H](C(C)C)n2cc(OC3CCN(c4ccc(-c5ccc(N6C(=S)N(c7ccc(C#N)c(C(F)(F)F)c7)C(=O)C6(C)C)cc5)cn4)CC3)cn2)cc1. The zero-order valence-electron chi connectivity index (χ0n) is 40.4. The van der Waals surface area contributed by atoms with E-state index in [1.54, 1.807) is 64.3 Å². The largest absolute Gasteiger partial charge is 0.487 e.